The summed E-state index contributed by atoms with van der Waals surface area (Å²) < 4.78 is 0. The molecule has 5 nitrogen and oxygen atoms in total. The van der Waals surface area contributed by atoms with Crippen molar-refractivity contribution in [3.8, 4) is 0 Å². The third kappa shape index (κ3) is 3.32. The number of carbonyl (C=O) groups is 2. The number of ketones is 1. The highest BCUT2D eigenvalue weighted by Crippen LogP contribution is 2.29. The largest absolute Gasteiger partial charge is 0.481 e. The molecule has 0 atom stereocenters. The maximum absolute atomic E-state index is 11.3. The summed E-state index contributed by atoms with van der Waals surface area (Å²) >= 11 is 1.48. The molecule has 6 heteroatoms. The fraction of sp³-hybridized carbons (Fsp3) is 0.615. The van der Waals surface area contributed by atoms with Crippen molar-refractivity contribution in [1.29, 1.82) is 0 Å². The summed E-state index contributed by atoms with van der Waals surface area (Å²) in [5.74, 6) is -0.914. The molecule has 0 radical (unpaired) electrons. The summed E-state index contributed by atoms with van der Waals surface area (Å²) in [6, 6.07) is 0.265. The molecular weight excluding hydrogens is 264 g/mol. The summed E-state index contributed by atoms with van der Waals surface area (Å²) in [7, 11) is 0. The Kier molecular flexibility index (Phi) is 4.19. The minimum Gasteiger partial charge on any atom is -0.481 e. The zero-order chi connectivity index (χ0) is 14.0. The van der Waals surface area contributed by atoms with Crippen LogP contribution >= 0.6 is 11.3 Å². The standard InChI is InChI=1S/C13H18N2O3S/c1-7(16)11-8(2)19-13(15-11)14-10-5-3-9(4-6-10)12(17)18/h9-10H,3-6H2,1-2H3,(H,14,15)(H,17,18). The molecule has 1 aliphatic carbocycles. The number of thiazole rings is 1. The van der Waals surface area contributed by atoms with Crippen molar-refractivity contribution in [3.63, 3.8) is 0 Å². The van der Waals surface area contributed by atoms with Crippen molar-refractivity contribution in [2.75, 3.05) is 5.32 Å². The first kappa shape index (κ1) is 14.0. The van der Waals surface area contributed by atoms with Gasteiger partial charge in [-0.1, -0.05) is 0 Å². The van der Waals surface area contributed by atoms with E-state index >= 15 is 0 Å². The van der Waals surface area contributed by atoms with E-state index in [-0.39, 0.29) is 17.7 Å². The molecule has 2 rings (SSSR count). The van der Waals surface area contributed by atoms with Crippen LogP contribution in [0.15, 0.2) is 0 Å². The lowest BCUT2D eigenvalue weighted by atomic mass is 9.86. The number of Topliss-reactive ketones (excluding diaryl/α,β-unsaturated/α-hetero) is 1. The molecule has 0 bridgehead atoms. The van der Waals surface area contributed by atoms with Gasteiger partial charge in [-0.2, -0.15) is 0 Å². The number of nitrogens with zero attached hydrogens (tertiary/aromatic N) is 1. The van der Waals surface area contributed by atoms with Gasteiger partial charge in [-0.15, -0.1) is 11.3 Å². The molecule has 1 fully saturated rings. The van der Waals surface area contributed by atoms with Gasteiger partial charge in [0.1, 0.15) is 5.69 Å². The molecule has 1 aromatic heterocycles. The van der Waals surface area contributed by atoms with E-state index in [1.807, 2.05) is 6.92 Å². The fourth-order valence-electron chi connectivity index (χ4n) is 2.44. The van der Waals surface area contributed by atoms with Gasteiger partial charge in [0, 0.05) is 17.8 Å². The van der Waals surface area contributed by atoms with Crippen LogP contribution in [0.4, 0.5) is 5.13 Å². The number of hydrogen-bond acceptors (Lipinski definition) is 5. The van der Waals surface area contributed by atoms with Crippen molar-refractivity contribution >= 4 is 28.2 Å². The lowest BCUT2D eigenvalue weighted by Crippen LogP contribution is -2.29. The van der Waals surface area contributed by atoms with Gasteiger partial charge in [-0.25, -0.2) is 4.98 Å². The van der Waals surface area contributed by atoms with Gasteiger partial charge in [0.25, 0.3) is 0 Å². The van der Waals surface area contributed by atoms with Crippen LogP contribution in [-0.4, -0.2) is 27.9 Å². The van der Waals surface area contributed by atoms with Crippen LogP contribution in [0.5, 0.6) is 0 Å². The summed E-state index contributed by atoms with van der Waals surface area (Å²) in [5, 5.41) is 13.0. The Labute approximate surface area is 116 Å². The third-order valence-corrected chi connectivity index (χ3v) is 4.44. The van der Waals surface area contributed by atoms with Crippen molar-refractivity contribution in [3.05, 3.63) is 10.6 Å². The van der Waals surface area contributed by atoms with Crippen molar-refractivity contribution in [1.82, 2.24) is 4.98 Å². The molecule has 0 spiro atoms. The van der Waals surface area contributed by atoms with Crippen LogP contribution in [0.25, 0.3) is 0 Å². The van der Waals surface area contributed by atoms with E-state index in [9.17, 15) is 9.59 Å². The van der Waals surface area contributed by atoms with Gasteiger partial charge in [-0.3, -0.25) is 9.59 Å². The number of carbonyl (C=O) groups excluding carboxylic acids is 1. The zero-order valence-electron chi connectivity index (χ0n) is 11.1. The van der Waals surface area contributed by atoms with Crippen LogP contribution in [0.1, 0.15) is 48.0 Å². The highest BCUT2D eigenvalue weighted by atomic mass is 32.1. The van der Waals surface area contributed by atoms with Crippen LogP contribution in [0, 0.1) is 12.8 Å². The first-order valence-electron chi connectivity index (χ1n) is 6.45. The van der Waals surface area contributed by atoms with Gasteiger partial charge in [0.2, 0.25) is 0 Å². The van der Waals surface area contributed by atoms with E-state index in [4.69, 9.17) is 5.11 Å². The SMILES string of the molecule is CC(=O)c1nc(NC2CCC(C(=O)O)CC2)sc1C. The number of hydrogen-bond donors (Lipinski definition) is 2. The molecule has 104 valence electrons. The minimum atomic E-state index is -0.692. The average Bonchev–Trinajstić information content (AvgIpc) is 2.71. The topological polar surface area (TPSA) is 79.3 Å². The van der Waals surface area contributed by atoms with Crippen molar-refractivity contribution in [2.45, 2.75) is 45.6 Å². The van der Waals surface area contributed by atoms with E-state index in [1.54, 1.807) is 0 Å². The maximum atomic E-state index is 11.3. The summed E-state index contributed by atoms with van der Waals surface area (Å²) in [6.45, 7) is 3.41. The Morgan fingerprint density at radius 1 is 1.32 bits per heavy atom. The average molecular weight is 282 g/mol. The third-order valence-electron chi connectivity index (χ3n) is 3.53. The molecular formula is C13H18N2O3S. The fourth-order valence-corrected chi connectivity index (χ4v) is 3.38. The Balaban J connectivity index is 1.94. The van der Waals surface area contributed by atoms with E-state index in [2.05, 4.69) is 10.3 Å². The second kappa shape index (κ2) is 5.69. The zero-order valence-corrected chi connectivity index (χ0v) is 11.9. The van der Waals surface area contributed by atoms with E-state index in [1.165, 1.54) is 18.3 Å². The number of carboxylic acid groups (broad SMARTS) is 1. The van der Waals surface area contributed by atoms with E-state index in [0.29, 0.717) is 18.5 Å². The number of aryl methyl sites for hydroxylation is 1. The van der Waals surface area contributed by atoms with Crippen LogP contribution in [-0.2, 0) is 4.79 Å². The molecule has 0 saturated heterocycles. The Morgan fingerprint density at radius 3 is 2.42 bits per heavy atom. The Hall–Kier alpha value is -1.43. The smallest absolute Gasteiger partial charge is 0.306 e. The molecule has 19 heavy (non-hydrogen) atoms. The molecule has 1 aromatic rings. The number of rotatable bonds is 4. The van der Waals surface area contributed by atoms with Crippen LogP contribution < -0.4 is 5.32 Å². The van der Waals surface area contributed by atoms with Crippen molar-refractivity contribution < 1.29 is 14.7 Å². The molecule has 0 unspecified atom stereocenters. The number of carboxylic acids is 1. The molecule has 0 aromatic carbocycles. The number of nitrogens with one attached hydrogen (secondary N) is 1. The lowest BCUT2D eigenvalue weighted by Gasteiger charge is -2.26. The van der Waals surface area contributed by atoms with Gasteiger partial charge < -0.3 is 10.4 Å². The van der Waals surface area contributed by atoms with Gasteiger partial charge in [0.15, 0.2) is 10.9 Å². The number of aliphatic carboxylic acids is 1. The highest BCUT2D eigenvalue weighted by Gasteiger charge is 2.26. The summed E-state index contributed by atoms with van der Waals surface area (Å²) in [4.78, 5) is 27.4. The molecule has 2 N–H and O–H groups in total. The second-order valence-electron chi connectivity index (χ2n) is 5.01. The van der Waals surface area contributed by atoms with Gasteiger partial charge in [-0.05, 0) is 32.6 Å². The lowest BCUT2D eigenvalue weighted by molar-refractivity contribution is -0.142. The molecule has 1 aliphatic rings. The second-order valence-corrected chi connectivity index (χ2v) is 6.21. The predicted octanol–water partition coefficient (Wildman–Crippen LogP) is 2.71. The molecule has 0 amide bonds. The quantitative estimate of drug-likeness (QED) is 0.830. The molecule has 1 heterocycles. The van der Waals surface area contributed by atoms with Gasteiger partial charge >= 0.3 is 5.97 Å². The number of anilines is 1. The molecule has 0 aliphatic heterocycles. The van der Waals surface area contributed by atoms with Gasteiger partial charge in [0.05, 0.1) is 5.92 Å². The normalized spacial score (nSPS) is 23.1. The monoisotopic (exact) mass is 282 g/mol. The minimum absolute atomic E-state index is 0.0172. The summed E-state index contributed by atoms with van der Waals surface area (Å²) in [5.41, 5.74) is 0.534. The Morgan fingerprint density at radius 2 is 1.95 bits per heavy atom. The van der Waals surface area contributed by atoms with Crippen molar-refractivity contribution in [2.24, 2.45) is 5.92 Å². The van der Waals surface area contributed by atoms with Crippen LogP contribution in [0.3, 0.4) is 0 Å². The Bertz CT molecular complexity index is 490. The van der Waals surface area contributed by atoms with E-state index in [0.717, 1.165) is 22.9 Å². The summed E-state index contributed by atoms with van der Waals surface area (Å²) in [6.07, 6.45) is 3.09. The van der Waals surface area contributed by atoms with E-state index < -0.39 is 5.97 Å². The number of aromatic nitrogens is 1. The van der Waals surface area contributed by atoms with Crippen LogP contribution in [0.2, 0.25) is 0 Å². The molecule has 1 saturated carbocycles. The predicted molar refractivity (Wildman–Crippen MR) is 73.9 cm³/mol. The highest BCUT2D eigenvalue weighted by molar-refractivity contribution is 7.15. The first-order valence-corrected chi connectivity index (χ1v) is 7.26. The maximum Gasteiger partial charge on any atom is 0.306 e. The first-order chi connectivity index (χ1) is 8.97.